The van der Waals surface area contributed by atoms with Crippen molar-refractivity contribution in [2.24, 2.45) is 0 Å². The number of hydrogen-bond donors (Lipinski definition) is 1. The number of quaternary nitrogens is 1. The molecular weight excluding hydrogens is 353 g/mol. The van der Waals surface area contributed by atoms with E-state index in [2.05, 4.69) is 0 Å². The first-order valence-electron chi connectivity index (χ1n) is 6.17. The number of para-hydroxylation sites is 1. The second kappa shape index (κ2) is 7.86. The minimum atomic E-state index is -6.09. The van der Waals surface area contributed by atoms with Gasteiger partial charge in [0.1, 0.15) is 11.4 Å². The molecule has 7 nitrogen and oxygen atoms in total. The molecule has 0 heterocycles. The van der Waals surface area contributed by atoms with E-state index in [0.29, 0.717) is 0 Å². The van der Waals surface area contributed by atoms with E-state index in [1.54, 1.807) is 12.1 Å². The molecule has 0 saturated carbocycles. The molecule has 0 amide bonds. The Morgan fingerprint density at radius 1 is 0.917 bits per heavy atom. The number of non-ortho nitro benzene ring substituents is 1. The fraction of sp³-hybridized carbons (Fsp3) is 0.0769. The molecule has 0 aliphatic rings. The highest BCUT2D eigenvalue weighted by atomic mass is 32.2. The maximum Gasteiger partial charge on any atom is 0.485 e. The molecule has 2 rings (SSSR count). The van der Waals surface area contributed by atoms with E-state index in [4.69, 9.17) is 13.0 Å². The topological polar surface area (TPSA) is 117 Å². The molecule has 11 heteroatoms. The van der Waals surface area contributed by atoms with Crippen LogP contribution in [0.5, 0.6) is 0 Å². The van der Waals surface area contributed by atoms with Gasteiger partial charge in [-0.1, -0.05) is 18.2 Å². The lowest BCUT2D eigenvalue weighted by atomic mass is 10.2. The largest absolute Gasteiger partial charge is 0.741 e. The molecule has 0 aliphatic heterocycles. The van der Waals surface area contributed by atoms with Gasteiger partial charge in [0, 0.05) is 24.3 Å². The molecule has 0 bridgehead atoms. The van der Waals surface area contributed by atoms with E-state index in [1.165, 1.54) is 12.1 Å². The summed E-state index contributed by atoms with van der Waals surface area (Å²) in [5.41, 5.74) is -3.49. The number of alkyl halides is 3. The summed E-state index contributed by atoms with van der Waals surface area (Å²) in [7, 11) is -6.09. The minimum Gasteiger partial charge on any atom is -0.741 e. The van der Waals surface area contributed by atoms with Gasteiger partial charge >= 0.3 is 5.51 Å². The van der Waals surface area contributed by atoms with E-state index in [0.717, 1.165) is 11.4 Å². The molecule has 0 spiro atoms. The summed E-state index contributed by atoms with van der Waals surface area (Å²) >= 11 is 0. The van der Waals surface area contributed by atoms with E-state index in [1.807, 2.05) is 35.6 Å². The average molecular weight is 364 g/mol. The average Bonchev–Trinajstić information content (AvgIpc) is 2.47. The SMILES string of the molecule is O=S(=O)([O-])C(F)(F)F.O=[N+]([O-])c1ccc([NH2+]c2ccccc2)cc1. The molecule has 0 unspecified atom stereocenters. The van der Waals surface area contributed by atoms with Gasteiger partial charge in [0.25, 0.3) is 5.69 Å². The van der Waals surface area contributed by atoms with Crippen LogP contribution < -0.4 is 5.32 Å². The number of rotatable bonds is 3. The number of halogens is 3. The maximum absolute atomic E-state index is 10.7. The van der Waals surface area contributed by atoms with E-state index in [-0.39, 0.29) is 5.69 Å². The molecule has 0 fully saturated rings. The maximum atomic E-state index is 10.7. The van der Waals surface area contributed by atoms with Crippen molar-refractivity contribution in [2.75, 3.05) is 0 Å². The number of nitrogens with two attached hydrogens (primary N) is 1. The van der Waals surface area contributed by atoms with Crippen LogP contribution in [0.3, 0.4) is 0 Å². The molecule has 2 aromatic carbocycles. The highest BCUT2D eigenvalue weighted by Gasteiger charge is 2.36. The Morgan fingerprint density at radius 3 is 1.71 bits per heavy atom. The lowest BCUT2D eigenvalue weighted by Gasteiger charge is -2.08. The van der Waals surface area contributed by atoms with Gasteiger partial charge < -0.3 is 4.55 Å². The second-order valence-corrected chi connectivity index (χ2v) is 5.67. The molecule has 0 radical (unpaired) electrons. The van der Waals surface area contributed by atoms with Crippen LogP contribution in [0.1, 0.15) is 0 Å². The highest BCUT2D eigenvalue weighted by Crippen LogP contribution is 2.20. The smallest absolute Gasteiger partial charge is 0.485 e. The summed E-state index contributed by atoms with van der Waals surface area (Å²) in [5, 5.41) is 12.4. The van der Waals surface area contributed by atoms with Crippen LogP contribution in [0.15, 0.2) is 54.6 Å². The van der Waals surface area contributed by atoms with Gasteiger partial charge in [-0.3, -0.25) is 15.4 Å². The molecule has 0 aromatic heterocycles. The Kier molecular flexibility index (Phi) is 6.40. The first-order chi connectivity index (χ1) is 11.0. The number of nitro groups is 1. The van der Waals surface area contributed by atoms with Gasteiger partial charge in [-0.05, 0) is 12.1 Å². The van der Waals surface area contributed by atoms with Gasteiger partial charge in [-0.25, -0.2) is 8.42 Å². The zero-order valence-corrected chi connectivity index (χ0v) is 12.6. The lowest BCUT2D eigenvalue weighted by molar-refractivity contribution is -0.478. The number of hydrogen-bond acceptors (Lipinski definition) is 5. The molecule has 24 heavy (non-hydrogen) atoms. The third kappa shape index (κ3) is 6.32. The van der Waals surface area contributed by atoms with E-state index in [9.17, 15) is 23.3 Å². The van der Waals surface area contributed by atoms with Crippen molar-refractivity contribution < 1.29 is 36.4 Å². The van der Waals surface area contributed by atoms with Crippen LogP contribution >= 0.6 is 0 Å². The summed E-state index contributed by atoms with van der Waals surface area (Å²) < 4.78 is 58.9. The van der Waals surface area contributed by atoms with E-state index >= 15 is 0 Å². The first-order valence-corrected chi connectivity index (χ1v) is 7.58. The Bertz CT molecular complexity index is 778. The van der Waals surface area contributed by atoms with Crippen molar-refractivity contribution in [3.63, 3.8) is 0 Å². The van der Waals surface area contributed by atoms with Crippen LogP contribution in [0, 0.1) is 10.1 Å². The summed E-state index contributed by atoms with van der Waals surface area (Å²) in [5.74, 6) is 0. The van der Waals surface area contributed by atoms with Crippen molar-refractivity contribution in [3.8, 4) is 0 Å². The summed E-state index contributed by atoms with van der Waals surface area (Å²) in [4.78, 5) is 10.1. The fourth-order valence-corrected chi connectivity index (χ4v) is 1.43. The summed E-state index contributed by atoms with van der Waals surface area (Å²) in [6.45, 7) is 0. The van der Waals surface area contributed by atoms with Gasteiger partial charge in [-0.15, -0.1) is 0 Å². The van der Waals surface area contributed by atoms with Crippen molar-refractivity contribution in [1.29, 1.82) is 0 Å². The Balaban J connectivity index is 0.000000307. The van der Waals surface area contributed by atoms with Crippen LogP contribution in [-0.4, -0.2) is 23.4 Å². The van der Waals surface area contributed by atoms with Crippen LogP contribution in [-0.2, 0) is 10.1 Å². The molecule has 0 atom stereocenters. The minimum absolute atomic E-state index is 0.116. The standard InChI is InChI=1S/C12H10N2O2.CHF3O3S/c15-14(16)12-8-6-11(7-9-12)13-10-4-2-1-3-5-10;2-1(3,4)8(5,6)7/h1-9,13H;(H,5,6,7). The van der Waals surface area contributed by atoms with Gasteiger partial charge in [-0.2, -0.15) is 13.2 Å². The molecule has 2 N–H and O–H groups in total. The zero-order valence-electron chi connectivity index (χ0n) is 11.8. The van der Waals surface area contributed by atoms with Gasteiger partial charge in [0.15, 0.2) is 10.1 Å². The summed E-state index contributed by atoms with van der Waals surface area (Å²) in [6, 6.07) is 16.3. The van der Waals surface area contributed by atoms with Gasteiger partial charge in [0.2, 0.25) is 0 Å². The quantitative estimate of drug-likeness (QED) is 0.294. The van der Waals surface area contributed by atoms with Crippen molar-refractivity contribution in [2.45, 2.75) is 5.51 Å². The van der Waals surface area contributed by atoms with Crippen molar-refractivity contribution in [3.05, 3.63) is 64.7 Å². The van der Waals surface area contributed by atoms with Crippen molar-refractivity contribution >= 4 is 27.2 Å². The Hall–Kier alpha value is -2.50. The summed E-state index contributed by atoms with van der Waals surface area (Å²) in [6.07, 6.45) is 0. The van der Waals surface area contributed by atoms with Crippen LogP contribution in [0.4, 0.5) is 30.2 Å². The Labute approximate surface area is 134 Å². The molecule has 2 aromatic rings. The molecule has 130 valence electrons. The molecule has 0 aliphatic carbocycles. The van der Waals surface area contributed by atoms with E-state index < -0.39 is 20.5 Å². The lowest BCUT2D eigenvalue weighted by Crippen LogP contribution is -2.70. The van der Waals surface area contributed by atoms with Gasteiger partial charge in [0.05, 0.1) is 4.92 Å². The second-order valence-electron chi connectivity index (χ2n) is 4.30. The van der Waals surface area contributed by atoms with Crippen molar-refractivity contribution in [1.82, 2.24) is 0 Å². The zero-order chi connectivity index (χ0) is 18.4. The first kappa shape index (κ1) is 19.5. The fourth-order valence-electron chi connectivity index (χ4n) is 1.43. The predicted molar refractivity (Wildman–Crippen MR) is 76.5 cm³/mol. The Morgan fingerprint density at radius 2 is 1.33 bits per heavy atom. The molecular formula is C13H11F3N2O5S. The molecule has 0 saturated heterocycles. The highest BCUT2D eigenvalue weighted by molar-refractivity contribution is 7.86. The monoisotopic (exact) mass is 364 g/mol. The third-order valence-corrected chi connectivity index (χ3v) is 3.09. The van der Waals surface area contributed by atoms with Crippen LogP contribution in [0.25, 0.3) is 0 Å². The normalized spacial score (nSPS) is 11.3. The number of nitrogens with zero attached hydrogens (tertiary/aromatic N) is 1. The van der Waals surface area contributed by atoms with Crippen LogP contribution in [0.2, 0.25) is 0 Å². The predicted octanol–water partition coefficient (Wildman–Crippen LogP) is 2.17. The number of benzene rings is 2. The number of nitro benzene ring substituents is 1. The third-order valence-electron chi connectivity index (χ3n) is 2.52.